The van der Waals surface area contributed by atoms with Gasteiger partial charge in [-0.1, -0.05) is 70.5 Å². The van der Waals surface area contributed by atoms with Gasteiger partial charge in [-0.3, -0.25) is 59.4 Å². The quantitative estimate of drug-likeness (QED) is 0.0113. The van der Waals surface area contributed by atoms with Crippen molar-refractivity contribution in [2.45, 2.75) is 139 Å². The Balaban J connectivity index is 0.000000164. The minimum atomic E-state index is -4.24. The van der Waals surface area contributed by atoms with Crippen molar-refractivity contribution >= 4 is 121 Å². The maximum atomic E-state index is 14.8. The van der Waals surface area contributed by atoms with Gasteiger partial charge in [-0.05, 0) is 148 Å². The zero-order chi connectivity index (χ0) is 106. The Bertz CT molecular complexity index is 7280. The molecule has 47 nitrogen and oxygen atoms in total. The number of carbonyl (C=O) groups excluding carboxylic acids is 5. The van der Waals surface area contributed by atoms with Crippen LogP contribution in [0, 0.1) is 54.0 Å². The summed E-state index contributed by atoms with van der Waals surface area (Å²) in [6, 6.07) is 27.5. The predicted molar refractivity (Wildman–Crippen MR) is 517 cm³/mol. The largest absolute Gasteiger partial charge is 0.393 e. The summed E-state index contributed by atoms with van der Waals surface area (Å²) in [6.45, 7) is 6.18. The first-order valence-corrected chi connectivity index (χ1v) is 51.5. The number of alkyl halides is 1. The number of anilines is 4. The lowest BCUT2D eigenvalue weighted by Gasteiger charge is -2.19. The first kappa shape index (κ1) is 111. The van der Waals surface area contributed by atoms with Crippen molar-refractivity contribution in [3.8, 4) is 0 Å². The van der Waals surface area contributed by atoms with Crippen LogP contribution in [0.4, 0.5) is 40.7 Å². The number of hydrogen-bond donors (Lipinski definition) is 14. The van der Waals surface area contributed by atoms with Crippen molar-refractivity contribution in [1.29, 1.82) is 0 Å². The maximum Gasteiger partial charge on any atom is 0.333 e. The van der Waals surface area contributed by atoms with E-state index in [1.54, 1.807) is 62.8 Å². The monoisotopic (exact) mass is 2200 g/mol. The number of halogens is 6. The third-order valence-electron chi connectivity index (χ3n) is 24.2. The Labute approximate surface area is 850 Å². The second-order valence-electron chi connectivity index (χ2n) is 34.6. The highest BCUT2D eigenvalue weighted by atomic mass is 79.9. The fourth-order valence-electron chi connectivity index (χ4n) is 16.8. The molecule has 57 heteroatoms. The zero-order valence-corrected chi connectivity index (χ0v) is 83.1. The lowest BCUT2D eigenvalue weighted by Crippen LogP contribution is -2.36. The molecule has 4 aromatic carbocycles. The topological polar surface area (TPSA) is 707 Å². The van der Waals surface area contributed by atoms with E-state index in [1.807, 2.05) is 62.4 Å². The number of aromatic nitrogens is 16. The van der Waals surface area contributed by atoms with Crippen LogP contribution >= 0.6 is 27.5 Å². The van der Waals surface area contributed by atoms with E-state index in [0.717, 1.165) is 26.9 Å². The molecule has 782 valence electrons. The highest BCUT2D eigenvalue weighted by Gasteiger charge is 2.47. The molecule has 16 atom stereocenters. The fourth-order valence-corrected chi connectivity index (χ4v) is 18.8. The lowest BCUT2D eigenvalue weighted by molar-refractivity contribution is -0.111. The Morgan fingerprint density at radius 3 is 1.56 bits per heavy atom. The summed E-state index contributed by atoms with van der Waals surface area (Å²) in [6.07, 6.45) is 8.10. The van der Waals surface area contributed by atoms with Gasteiger partial charge in [-0.2, -0.15) is 54.1 Å². The summed E-state index contributed by atoms with van der Waals surface area (Å²) in [7, 11) is -16.8. The molecule has 1 unspecified atom stereocenters. The Morgan fingerprint density at radius 2 is 0.980 bits per heavy atom. The molecule has 0 saturated heterocycles. The highest BCUT2D eigenvalue weighted by Crippen LogP contribution is 2.38. The molecule has 12 aromatic rings. The van der Waals surface area contributed by atoms with Gasteiger partial charge in [0, 0.05) is 106 Å². The number of ketones is 4. The molecule has 18 N–H and O–H groups in total. The maximum absolute atomic E-state index is 14.8. The summed E-state index contributed by atoms with van der Waals surface area (Å²) in [5.41, 5.74) is 5.12. The van der Waals surface area contributed by atoms with Crippen molar-refractivity contribution < 1.29 is 123 Å². The van der Waals surface area contributed by atoms with Crippen LogP contribution in [0.2, 0.25) is 5.02 Å². The summed E-state index contributed by atoms with van der Waals surface area (Å²) < 4.78 is 169. The van der Waals surface area contributed by atoms with Crippen molar-refractivity contribution in [3.05, 3.63) is 296 Å². The van der Waals surface area contributed by atoms with Gasteiger partial charge < -0.3 is 51.9 Å². The first-order chi connectivity index (χ1) is 69.6. The van der Waals surface area contributed by atoms with Gasteiger partial charge in [0.1, 0.15) is 83.6 Å². The molecule has 16 rings (SSSR count). The number of aryl methyl sites for hydroxylation is 1. The molecule has 0 spiro atoms. The van der Waals surface area contributed by atoms with Crippen LogP contribution < -0.4 is 41.8 Å². The van der Waals surface area contributed by atoms with Crippen molar-refractivity contribution in [1.82, 2.24) is 79.0 Å². The third-order valence-corrected chi connectivity index (χ3v) is 26.8. The molecule has 4 fully saturated rings. The smallest absolute Gasteiger partial charge is 0.333 e. The number of rotatable bonds is 38. The number of benzene rings is 4. The minimum Gasteiger partial charge on any atom is -0.393 e. The molecule has 8 aromatic heterocycles. The molecular formula is C90H98BrClF4N24O23S4. The van der Waals surface area contributed by atoms with Crippen LogP contribution in [0.25, 0.3) is 0 Å². The summed E-state index contributed by atoms with van der Waals surface area (Å²) >= 11 is 9.52. The SMILES string of the molecule is C=CC(=O)Nc1cccc(Cn2ccc(C(=O)c3cncnc3N[C@@H]3C[C@H](COS(N)(=O)=O)[C@@H](O)[C@H]3O)n2)c1.CC(c1cccc(Br)c1)n1ccc(C(=O)c2cncnc2N[C@@H]2C[C@H](COS(N)(=O)=O)[C@@H](O)C2)n1.Cc1cc(C(=O)c2cncnc2N[C@@H]2C[C@H](COS(N)(=O)=O)[C@@H](O)[C@@H]2F)nn1Cc1cccc(Cl)c1.NS(=O)(=O)OC[C@H]1C[C@@H](Cc2ncncc2C(=O)c2ccn(Cc3cc(F)c(F)cc3F)n2)[C@H](O)[C@@H]1O. The van der Waals surface area contributed by atoms with E-state index in [9.17, 15) is 106 Å². The van der Waals surface area contributed by atoms with E-state index < -0.39 is 180 Å². The Hall–Kier alpha value is -12.9. The van der Waals surface area contributed by atoms with Crippen molar-refractivity contribution in [2.24, 2.45) is 50.1 Å². The lowest BCUT2D eigenvalue weighted by atomic mass is 9.95. The van der Waals surface area contributed by atoms with Crippen molar-refractivity contribution in [3.63, 3.8) is 0 Å². The summed E-state index contributed by atoms with van der Waals surface area (Å²) in [4.78, 5) is 96.7. The zero-order valence-electron chi connectivity index (χ0n) is 77.4. The van der Waals surface area contributed by atoms with Gasteiger partial charge in [0.15, 0.2) is 11.6 Å². The molecule has 147 heavy (non-hydrogen) atoms. The number of nitrogens with one attached hydrogen (secondary N) is 4. The van der Waals surface area contributed by atoms with Crippen LogP contribution in [-0.4, -0.2) is 260 Å². The predicted octanol–water partition coefficient (Wildman–Crippen LogP) is 3.99. The number of amides is 1. The molecule has 0 radical (unpaired) electrons. The van der Waals surface area contributed by atoms with Crippen LogP contribution in [0.15, 0.2) is 195 Å². The van der Waals surface area contributed by atoms with Crippen LogP contribution in [0.5, 0.6) is 0 Å². The second-order valence-corrected chi connectivity index (χ2v) is 40.8. The normalized spacial score (nSPS) is 21.5. The molecule has 0 aliphatic heterocycles. The minimum absolute atomic E-state index is 0.0167. The third kappa shape index (κ3) is 30.4. The van der Waals surface area contributed by atoms with Crippen LogP contribution in [0.1, 0.15) is 143 Å². The van der Waals surface area contributed by atoms with Crippen molar-refractivity contribution in [2.75, 3.05) is 47.7 Å². The Morgan fingerprint density at radius 1 is 0.503 bits per heavy atom. The molecule has 4 saturated carbocycles. The summed E-state index contributed by atoms with van der Waals surface area (Å²) in [5.74, 6) is -8.53. The number of aliphatic hydroxyl groups is 6. The number of carbonyl (C=O) groups is 5. The van der Waals surface area contributed by atoms with Gasteiger partial charge in [-0.25, -0.2) is 78.0 Å². The standard InChI is InChI=1S/C24H27N7O7S.C22H25BrN6O5S.C22H24ClFN6O5S.C22H22F3N5O6S/c1-2-20(32)28-16-5-3-4-14(8-16)11-31-7-6-18(30-31)22(34)17-10-26-13-27-24(17)29-19-9-15(21(33)23(19)35)12-38-39(25,36)37;1-13(14-3-2-4-16(23)7-14)29-6-5-19(28-29)21(31)18-10-25-12-26-22(18)27-17-8-15(20(30)9-17)11-34-35(24,32)33;1-12-5-18(29-30(12)9-13-3-2-4-15(23)6-13)21(32)16-8-26-11-27-22(16)28-17-7-14(20(31)19(17)24)10-35-36(25,33)34;23-15-6-17(25)16(24)4-12(15)8-30-2-1-18(29-30)22(33)14-7-27-10-28-19(14)5-11-3-13(21(32)20(11)31)9-36-37(26,34)35/h2-8,10,13,15,19,21,23,33,35H,1,9,11-12H2,(H,28,32)(H2,25,36,37)(H,26,27,29);2-7,10,12-13,15,17,20,30H,8-9,11H2,1H3,(H2,24,32,33)(H,25,26,27);2-6,8,11,14,17,19-20,31H,7,9-10H2,1H3,(H2,25,33,34)(H,26,27,28);1-2,4,6-7,10-11,13,20-21,31-32H,3,5,8-9H2,(H2,26,34,35)/t15-,19-,21-,23+;13?,15-,17-,20+;14-,17-,19-,20-;11-,13+,20-,21+/m1110/s1. The number of nitrogens with zero attached hydrogens (tertiary/aromatic N) is 16. The summed E-state index contributed by atoms with van der Waals surface area (Å²) in [5, 5.41) is 111. The van der Waals surface area contributed by atoms with E-state index in [0.29, 0.717) is 54.6 Å². The molecule has 1 amide bonds. The first-order valence-electron chi connectivity index (χ1n) is 44.5. The van der Waals surface area contributed by atoms with E-state index in [1.165, 1.54) is 79.2 Å². The van der Waals surface area contributed by atoms with Crippen LogP contribution in [-0.2, 0) is 88.8 Å². The number of nitrogens with two attached hydrogens (primary N) is 4. The second kappa shape index (κ2) is 48.8. The van der Waals surface area contributed by atoms with Gasteiger partial charge in [0.2, 0.25) is 29.0 Å². The van der Waals surface area contributed by atoms with E-state index in [-0.39, 0.29) is 131 Å². The molecule has 4 aliphatic carbocycles. The average molecular weight is 2200 g/mol. The van der Waals surface area contributed by atoms with E-state index >= 15 is 0 Å². The average Bonchev–Trinajstić information content (AvgIpc) is 1.67. The van der Waals surface area contributed by atoms with E-state index in [2.05, 4.69) is 121 Å². The van der Waals surface area contributed by atoms with Gasteiger partial charge in [0.25, 0.3) is 0 Å². The molecule has 0 bridgehead atoms. The van der Waals surface area contributed by atoms with Crippen LogP contribution in [0.3, 0.4) is 0 Å². The fraction of sp³-hybridized carbons (Fsp3) is 0.344. The number of hydrogen-bond acceptors (Lipinski definition) is 38. The van der Waals surface area contributed by atoms with Gasteiger partial charge >= 0.3 is 41.2 Å². The van der Waals surface area contributed by atoms with E-state index in [4.69, 9.17) is 32.2 Å². The van der Waals surface area contributed by atoms with Gasteiger partial charge in [0.05, 0.1) is 123 Å². The number of aliphatic hydroxyl groups excluding tert-OH is 6. The Kier molecular flexibility index (Phi) is 36.9. The highest BCUT2D eigenvalue weighted by molar-refractivity contribution is 9.10. The van der Waals surface area contributed by atoms with Gasteiger partial charge in [-0.15, -0.1) is 0 Å². The molecule has 8 heterocycles. The molecular weight excluding hydrogens is 2100 g/mol. The molecule has 4 aliphatic rings.